The molecule has 202 valence electrons. The van der Waals surface area contributed by atoms with Gasteiger partial charge in [-0.1, -0.05) is 12.1 Å². The molecule has 1 aliphatic heterocycles. The summed E-state index contributed by atoms with van der Waals surface area (Å²) in [6, 6.07) is 13.7. The monoisotopic (exact) mass is 545 g/mol. The number of amides is 1. The van der Waals surface area contributed by atoms with Gasteiger partial charge in [0.2, 0.25) is 15.9 Å². The van der Waals surface area contributed by atoms with E-state index in [-0.39, 0.29) is 36.3 Å². The van der Waals surface area contributed by atoms with Crippen LogP contribution in [0.5, 0.6) is 0 Å². The number of aryl methyl sites for hydroxylation is 1. The third kappa shape index (κ3) is 6.82. The zero-order valence-corrected chi connectivity index (χ0v) is 21.6. The first-order chi connectivity index (χ1) is 18.1. The SMILES string of the molecule is Cc1ccc(CN(Cc2ccc(F)cc2)C(=O)CN(CC2CCCO2)S(=O)(=O)c2ccc([N+](=O)[O-])cc2)o1. The van der Waals surface area contributed by atoms with Crippen LogP contribution in [-0.4, -0.2) is 54.3 Å². The first-order valence-electron chi connectivity index (χ1n) is 12.1. The van der Waals surface area contributed by atoms with Gasteiger partial charge in [0.25, 0.3) is 5.69 Å². The van der Waals surface area contributed by atoms with Crippen molar-refractivity contribution in [2.24, 2.45) is 0 Å². The lowest BCUT2D eigenvalue weighted by molar-refractivity contribution is -0.384. The molecular weight excluding hydrogens is 517 g/mol. The molecule has 10 nitrogen and oxygen atoms in total. The van der Waals surface area contributed by atoms with Crippen molar-refractivity contribution >= 4 is 21.6 Å². The van der Waals surface area contributed by atoms with Crippen LogP contribution >= 0.6 is 0 Å². The number of hydrogen-bond acceptors (Lipinski definition) is 7. The molecule has 4 rings (SSSR count). The number of nitrogens with zero attached hydrogens (tertiary/aromatic N) is 3. The van der Waals surface area contributed by atoms with Gasteiger partial charge >= 0.3 is 0 Å². The van der Waals surface area contributed by atoms with E-state index in [1.165, 1.54) is 17.0 Å². The highest BCUT2D eigenvalue weighted by molar-refractivity contribution is 7.89. The van der Waals surface area contributed by atoms with E-state index in [0.29, 0.717) is 30.1 Å². The van der Waals surface area contributed by atoms with Crippen LogP contribution in [0.3, 0.4) is 0 Å². The van der Waals surface area contributed by atoms with E-state index in [2.05, 4.69) is 0 Å². The molecule has 0 bridgehead atoms. The predicted molar refractivity (Wildman–Crippen MR) is 135 cm³/mol. The number of halogens is 1. The number of hydrogen-bond donors (Lipinski definition) is 0. The van der Waals surface area contributed by atoms with E-state index in [1.54, 1.807) is 31.2 Å². The molecule has 0 spiro atoms. The highest BCUT2D eigenvalue weighted by Crippen LogP contribution is 2.23. The summed E-state index contributed by atoms with van der Waals surface area (Å²) >= 11 is 0. The molecule has 0 N–H and O–H groups in total. The maximum absolute atomic E-state index is 13.6. The van der Waals surface area contributed by atoms with Crippen LogP contribution in [0, 0.1) is 22.9 Å². The summed E-state index contributed by atoms with van der Waals surface area (Å²) in [5.74, 6) is 0.272. The molecule has 38 heavy (non-hydrogen) atoms. The Kier molecular flexibility index (Phi) is 8.55. The summed E-state index contributed by atoms with van der Waals surface area (Å²) in [5.41, 5.74) is 0.414. The van der Waals surface area contributed by atoms with Gasteiger partial charge in [-0.15, -0.1) is 0 Å². The Hall–Kier alpha value is -3.61. The van der Waals surface area contributed by atoms with Crippen LogP contribution in [0.15, 0.2) is 70.0 Å². The van der Waals surface area contributed by atoms with Crippen molar-refractivity contribution in [2.45, 2.75) is 43.9 Å². The van der Waals surface area contributed by atoms with Crippen molar-refractivity contribution in [3.05, 3.63) is 93.7 Å². The highest BCUT2D eigenvalue weighted by atomic mass is 32.2. The van der Waals surface area contributed by atoms with Gasteiger partial charge in [0.1, 0.15) is 17.3 Å². The number of sulfonamides is 1. The summed E-state index contributed by atoms with van der Waals surface area (Å²) in [7, 11) is -4.20. The van der Waals surface area contributed by atoms with Gasteiger partial charge in [-0.05, 0) is 61.7 Å². The van der Waals surface area contributed by atoms with Gasteiger partial charge in [0, 0.05) is 31.8 Å². The summed E-state index contributed by atoms with van der Waals surface area (Å²) < 4.78 is 52.9. The third-order valence-electron chi connectivity index (χ3n) is 6.21. The summed E-state index contributed by atoms with van der Waals surface area (Å²) in [6.07, 6.45) is 1.04. The number of nitro groups is 1. The molecule has 1 saturated heterocycles. The van der Waals surface area contributed by atoms with Gasteiger partial charge < -0.3 is 14.1 Å². The smallest absolute Gasteiger partial charge is 0.269 e. The van der Waals surface area contributed by atoms with Crippen LogP contribution in [0.2, 0.25) is 0 Å². The molecule has 1 unspecified atom stereocenters. The second-order valence-corrected chi connectivity index (χ2v) is 11.0. The zero-order valence-electron chi connectivity index (χ0n) is 20.8. The van der Waals surface area contributed by atoms with Crippen molar-refractivity contribution < 1.29 is 31.7 Å². The number of ether oxygens (including phenoxy) is 1. The number of benzene rings is 2. The summed E-state index contributed by atoms with van der Waals surface area (Å²) in [6.45, 7) is 1.92. The molecule has 0 radical (unpaired) electrons. The largest absolute Gasteiger partial charge is 0.464 e. The lowest BCUT2D eigenvalue weighted by Crippen LogP contribution is -2.45. The summed E-state index contributed by atoms with van der Waals surface area (Å²) in [4.78, 5) is 25.3. The van der Waals surface area contributed by atoms with E-state index >= 15 is 0 Å². The fourth-order valence-electron chi connectivity index (χ4n) is 4.20. The van der Waals surface area contributed by atoms with Crippen molar-refractivity contribution in [1.82, 2.24) is 9.21 Å². The summed E-state index contributed by atoms with van der Waals surface area (Å²) in [5, 5.41) is 11.0. The maximum atomic E-state index is 13.6. The number of non-ortho nitro benzene ring substituents is 1. The first-order valence-corrected chi connectivity index (χ1v) is 13.5. The Balaban J connectivity index is 1.61. The molecule has 1 amide bonds. The average molecular weight is 546 g/mol. The number of furan rings is 1. The van der Waals surface area contributed by atoms with Crippen LogP contribution in [0.4, 0.5) is 10.1 Å². The second-order valence-electron chi connectivity index (χ2n) is 9.07. The Morgan fingerprint density at radius 3 is 2.37 bits per heavy atom. The van der Waals surface area contributed by atoms with Gasteiger partial charge in [0.05, 0.1) is 29.0 Å². The zero-order chi connectivity index (χ0) is 27.3. The van der Waals surface area contributed by atoms with E-state index in [9.17, 15) is 27.7 Å². The molecule has 1 aliphatic rings. The normalized spacial score (nSPS) is 15.6. The molecule has 12 heteroatoms. The lowest BCUT2D eigenvalue weighted by Gasteiger charge is -2.28. The highest BCUT2D eigenvalue weighted by Gasteiger charge is 2.32. The molecule has 1 aromatic heterocycles. The topological polar surface area (TPSA) is 123 Å². The molecule has 0 saturated carbocycles. The Morgan fingerprint density at radius 1 is 1.08 bits per heavy atom. The van der Waals surface area contributed by atoms with Crippen molar-refractivity contribution in [3.63, 3.8) is 0 Å². The van der Waals surface area contributed by atoms with Crippen LogP contribution in [-0.2, 0) is 32.6 Å². The minimum atomic E-state index is -4.20. The molecule has 0 aliphatic carbocycles. The van der Waals surface area contributed by atoms with Gasteiger partial charge in [-0.2, -0.15) is 4.31 Å². The van der Waals surface area contributed by atoms with E-state index < -0.39 is 33.2 Å². The number of rotatable bonds is 11. The van der Waals surface area contributed by atoms with E-state index in [1.807, 2.05) is 0 Å². The minimum Gasteiger partial charge on any atom is -0.464 e. The standard InChI is InChI=1S/C26H28FN3O7S/c1-19-4-11-24(37-19)16-28(15-20-5-7-21(27)8-6-20)26(31)18-29(17-23-3-2-14-36-23)38(34,35)25-12-9-22(10-13-25)30(32)33/h4-13,23H,2-3,14-18H2,1H3. The predicted octanol–water partition coefficient (Wildman–Crippen LogP) is 4.03. The molecule has 1 atom stereocenters. The van der Waals surface area contributed by atoms with Gasteiger partial charge in [-0.3, -0.25) is 14.9 Å². The molecule has 2 aromatic carbocycles. The van der Waals surface area contributed by atoms with Crippen molar-refractivity contribution in [2.75, 3.05) is 19.7 Å². The Bertz CT molecular complexity index is 1370. The minimum absolute atomic E-state index is 0.0463. The van der Waals surface area contributed by atoms with Crippen LogP contribution in [0.1, 0.15) is 29.9 Å². The first kappa shape index (κ1) is 27.4. The van der Waals surface area contributed by atoms with Crippen LogP contribution in [0.25, 0.3) is 0 Å². The molecule has 3 aromatic rings. The van der Waals surface area contributed by atoms with E-state index in [0.717, 1.165) is 35.0 Å². The average Bonchev–Trinajstić information content (AvgIpc) is 3.56. The number of carbonyl (C=O) groups excluding carboxylic acids is 1. The fourth-order valence-corrected chi connectivity index (χ4v) is 5.62. The maximum Gasteiger partial charge on any atom is 0.269 e. The van der Waals surface area contributed by atoms with Crippen LogP contribution < -0.4 is 0 Å². The number of nitro benzene ring substituents is 1. The van der Waals surface area contributed by atoms with Crippen molar-refractivity contribution in [1.29, 1.82) is 0 Å². The Labute approximate surface area is 219 Å². The fraction of sp³-hybridized carbons (Fsp3) is 0.346. The second kappa shape index (κ2) is 11.8. The van der Waals surface area contributed by atoms with E-state index in [4.69, 9.17) is 9.15 Å². The lowest BCUT2D eigenvalue weighted by atomic mass is 10.2. The number of carbonyl (C=O) groups is 1. The van der Waals surface area contributed by atoms with Gasteiger partial charge in [-0.25, -0.2) is 12.8 Å². The molecule has 1 fully saturated rings. The Morgan fingerprint density at radius 2 is 1.79 bits per heavy atom. The van der Waals surface area contributed by atoms with Gasteiger partial charge in [0.15, 0.2) is 0 Å². The third-order valence-corrected chi connectivity index (χ3v) is 8.04. The quantitative estimate of drug-likeness (QED) is 0.263. The van der Waals surface area contributed by atoms with Crippen molar-refractivity contribution in [3.8, 4) is 0 Å². The molecular formula is C26H28FN3O7S. The molecule has 2 heterocycles.